The number of piperidine rings is 1. The van der Waals surface area contributed by atoms with Crippen LogP contribution in [0, 0.1) is 5.82 Å². The van der Waals surface area contributed by atoms with Crippen LogP contribution in [0.15, 0.2) is 18.2 Å². The molecule has 1 heterocycles. The summed E-state index contributed by atoms with van der Waals surface area (Å²) in [5.74, 6) is -0.815. The van der Waals surface area contributed by atoms with Crippen molar-refractivity contribution in [3.05, 3.63) is 29.6 Å². The number of nitrogens with one attached hydrogen (secondary N) is 1. The summed E-state index contributed by atoms with van der Waals surface area (Å²) in [6, 6.07) is 5.99. The zero-order valence-electron chi connectivity index (χ0n) is 11.1. The van der Waals surface area contributed by atoms with E-state index in [1.165, 1.54) is 50.9 Å². The first-order valence-electron chi connectivity index (χ1n) is 7.17. The van der Waals surface area contributed by atoms with E-state index in [-0.39, 0.29) is 5.75 Å². The lowest BCUT2D eigenvalue weighted by Gasteiger charge is -2.32. The van der Waals surface area contributed by atoms with Crippen LogP contribution in [0.5, 0.6) is 5.75 Å². The lowest BCUT2D eigenvalue weighted by Crippen LogP contribution is -2.43. The van der Waals surface area contributed by atoms with Crippen molar-refractivity contribution < 1.29 is 9.50 Å². The molecule has 3 nitrogen and oxygen atoms in total. The first-order valence-corrected chi connectivity index (χ1v) is 7.17. The Morgan fingerprint density at radius 2 is 1.95 bits per heavy atom. The van der Waals surface area contributed by atoms with E-state index in [9.17, 15) is 4.39 Å². The predicted molar refractivity (Wildman–Crippen MR) is 72.5 cm³/mol. The second kappa shape index (κ2) is 5.47. The normalized spacial score (nSPS) is 21.7. The minimum atomic E-state index is -0.539. The van der Waals surface area contributed by atoms with Crippen LogP contribution < -0.4 is 5.32 Å². The minimum absolute atomic E-state index is 0.276. The topological polar surface area (TPSA) is 35.5 Å². The van der Waals surface area contributed by atoms with Crippen molar-refractivity contribution in [2.24, 2.45) is 0 Å². The molecular weight excluding hydrogens is 243 g/mol. The fraction of sp³-hybridized carbons (Fsp3) is 0.600. The number of hydrogen-bond acceptors (Lipinski definition) is 3. The first-order chi connectivity index (χ1) is 9.22. The Balaban J connectivity index is 1.45. The number of phenols is 1. The smallest absolute Gasteiger partial charge is 0.165 e. The Morgan fingerprint density at radius 1 is 1.21 bits per heavy atom. The Morgan fingerprint density at radius 3 is 2.58 bits per heavy atom. The van der Waals surface area contributed by atoms with Crippen molar-refractivity contribution >= 4 is 0 Å². The van der Waals surface area contributed by atoms with Gasteiger partial charge in [-0.15, -0.1) is 0 Å². The summed E-state index contributed by atoms with van der Waals surface area (Å²) in [5, 5.41) is 12.6. The van der Waals surface area contributed by atoms with Crippen molar-refractivity contribution in [2.45, 2.75) is 44.3 Å². The largest absolute Gasteiger partial charge is 0.505 e. The van der Waals surface area contributed by atoms with Crippen LogP contribution in [0.1, 0.15) is 31.2 Å². The van der Waals surface area contributed by atoms with Gasteiger partial charge in [-0.2, -0.15) is 0 Å². The third-order valence-electron chi connectivity index (χ3n) is 4.20. The van der Waals surface area contributed by atoms with Gasteiger partial charge in [-0.3, -0.25) is 0 Å². The zero-order valence-corrected chi connectivity index (χ0v) is 11.1. The van der Waals surface area contributed by atoms with E-state index in [0.29, 0.717) is 12.6 Å². The van der Waals surface area contributed by atoms with Gasteiger partial charge in [-0.25, -0.2) is 4.39 Å². The van der Waals surface area contributed by atoms with Gasteiger partial charge in [0.15, 0.2) is 11.6 Å². The number of likely N-dealkylation sites (tertiary alicyclic amines) is 1. The quantitative estimate of drug-likeness (QED) is 0.875. The highest BCUT2D eigenvalue weighted by molar-refractivity contribution is 5.27. The van der Waals surface area contributed by atoms with Gasteiger partial charge in [0.05, 0.1) is 0 Å². The van der Waals surface area contributed by atoms with Crippen LogP contribution in [0.2, 0.25) is 0 Å². The molecule has 1 aliphatic carbocycles. The van der Waals surface area contributed by atoms with Gasteiger partial charge in [-0.05, 0) is 56.5 Å². The Labute approximate surface area is 113 Å². The molecule has 4 heteroatoms. The highest BCUT2D eigenvalue weighted by Gasteiger charge is 2.31. The number of benzene rings is 1. The second-order valence-electron chi connectivity index (χ2n) is 5.71. The molecule has 1 aromatic carbocycles. The maximum atomic E-state index is 13.2. The van der Waals surface area contributed by atoms with Gasteiger partial charge >= 0.3 is 0 Å². The van der Waals surface area contributed by atoms with Crippen LogP contribution in [0.25, 0.3) is 0 Å². The predicted octanol–water partition coefficient (Wildman–Crippen LogP) is 2.25. The van der Waals surface area contributed by atoms with Crippen molar-refractivity contribution in [2.75, 3.05) is 13.1 Å². The molecule has 2 fully saturated rings. The summed E-state index contributed by atoms with van der Waals surface area (Å²) in [6.45, 7) is 3.05. The second-order valence-corrected chi connectivity index (χ2v) is 5.71. The van der Waals surface area contributed by atoms with Gasteiger partial charge in [0, 0.05) is 18.6 Å². The Hall–Kier alpha value is -1.13. The standard InChI is InChI=1S/C15H21FN2O/c16-14-9-11(1-4-15(14)19)10-17-12-5-7-18(8-6-12)13-2-3-13/h1,4,9,12-13,17,19H,2-3,5-8,10H2. The van der Waals surface area contributed by atoms with Crippen molar-refractivity contribution in [3.63, 3.8) is 0 Å². The summed E-state index contributed by atoms with van der Waals surface area (Å²) in [6.07, 6.45) is 5.11. The van der Waals surface area contributed by atoms with Gasteiger partial charge in [-0.1, -0.05) is 6.07 Å². The zero-order chi connectivity index (χ0) is 13.2. The van der Waals surface area contributed by atoms with Gasteiger partial charge in [0.1, 0.15) is 0 Å². The number of rotatable bonds is 4. The molecule has 0 atom stereocenters. The fourth-order valence-corrected chi connectivity index (χ4v) is 2.83. The molecule has 0 radical (unpaired) electrons. The third kappa shape index (κ3) is 3.25. The fourth-order valence-electron chi connectivity index (χ4n) is 2.83. The number of halogens is 1. The van der Waals surface area contributed by atoms with Crippen molar-refractivity contribution in [1.29, 1.82) is 0 Å². The number of nitrogens with zero attached hydrogens (tertiary/aromatic N) is 1. The maximum Gasteiger partial charge on any atom is 0.165 e. The molecule has 0 unspecified atom stereocenters. The lowest BCUT2D eigenvalue weighted by molar-refractivity contribution is 0.189. The number of phenolic OH excluding ortho intramolecular Hbond substituents is 1. The van der Waals surface area contributed by atoms with E-state index in [4.69, 9.17) is 5.11 Å². The van der Waals surface area contributed by atoms with Crippen molar-refractivity contribution in [1.82, 2.24) is 10.2 Å². The molecule has 2 aliphatic rings. The van der Waals surface area contributed by atoms with Crippen LogP contribution in [-0.4, -0.2) is 35.2 Å². The average Bonchev–Trinajstić information content (AvgIpc) is 3.25. The van der Waals surface area contributed by atoms with Gasteiger partial charge in [0.2, 0.25) is 0 Å². The molecule has 1 aromatic rings. The molecule has 1 saturated carbocycles. The van der Waals surface area contributed by atoms with E-state index in [1.807, 2.05) is 0 Å². The molecule has 2 N–H and O–H groups in total. The molecule has 0 spiro atoms. The van der Waals surface area contributed by atoms with Crippen LogP contribution >= 0.6 is 0 Å². The van der Waals surface area contributed by atoms with E-state index >= 15 is 0 Å². The maximum absolute atomic E-state index is 13.2. The molecule has 1 saturated heterocycles. The number of aromatic hydroxyl groups is 1. The summed E-state index contributed by atoms with van der Waals surface area (Å²) in [7, 11) is 0. The highest BCUT2D eigenvalue weighted by Crippen LogP contribution is 2.29. The Kier molecular flexibility index (Phi) is 3.71. The highest BCUT2D eigenvalue weighted by atomic mass is 19.1. The lowest BCUT2D eigenvalue weighted by atomic mass is 10.0. The molecule has 0 bridgehead atoms. The van der Waals surface area contributed by atoms with E-state index in [1.54, 1.807) is 6.07 Å². The average molecular weight is 264 g/mol. The number of hydrogen-bond donors (Lipinski definition) is 2. The van der Waals surface area contributed by atoms with Crippen molar-refractivity contribution in [3.8, 4) is 5.75 Å². The summed E-state index contributed by atoms with van der Waals surface area (Å²) in [4.78, 5) is 2.60. The molecular formula is C15H21FN2O. The van der Waals surface area contributed by atoms with Gasteiger partial charge < -0.3 is 15.3 Å². The molecule has 1 aliphatic heterocycles. The monoisotopic (exact) mass is 264 g/mol. The molecule has 104 valence electrons. The van der Waals surface area contributed by atoms with Crippen LogP contribution in [-0.2, 0) is 6.54 Å². The van der Waals surface area contributed by atoms with E-state index < -0.39 is 5.82 Å². The summed E-state index contributed by atoms with van der Waals surface area (Å²) in [5.41, 5.74) is 0.889. The summed E-state index contributed by atoms with van der Waals surface area (Å²) < 4.78 is 13.2. The van der Waals surface area contributed by atoms with E-state index in [2.05, 4.69) is 10.2 Å². The minimum Gasteiger partial charge on any atom is -0.505 e. The Bertz CT molecular complexity index is 440. The van der Waals surface area contributed by atoms with Crippen LogP contribution in [0.4, 0.5) is 4.39 Å². The molecule has 0 amide bonds. The first kappa shape index (κ1) is 12.9. The third-order valence-corrected chi connectivity index (χ3v) is 4.20. The molecule has 19 heavy (non-hydrogen) atoms. The molecule has 0 aromatic heterocycles. The van der Waals surface area contributed by atoms with Gasteiger partial charge in [0.25, 0.3) is 0 Å². The van der Waals surface area contributed by atoms with E-state index in [0.717, 1.165) is 11.6 Å². The summed E-state index contributed by atoms with van der Waals surface area (Å²) >= 11 is 0. The molecule has 3 rings (SSSR count). The SMILES string of the molecule is Oc1ccc(CNC2CCN(C3CC3)CC2)cc1F. The van der Waals surface area contributed by atoms with Crippen LogP contribution in [0.3, 0.4) is 0 Å².